The van der Waals surface area contributed by atoms with E-state index in [9.17, 15) is 34.8 Å². The van der Waals surface area contributed by atoms with Crippen LogP contribution in [0.3, 0.4) is 0 Å². The van der Waals surface area contributed by atoms with Gasteiger partial charge in [0, 0.05) is 26.4 Å². The van der Waals surface area contributed by atoms with Crippen LogP contribution in [0.2, 0.25) is 0 Å². The fraction of sp³-hybridized carbons (Fsp3) is 0.435. The third-order valence-electron chi connectivity index (χ3n) is 7.05. The van der Waals surface area contributed by atoms with E-state index < -0.39 is 58.0 Å². The fourth-order valence-electron chi connectivity index (χ4n) is 5.58. The number of primary amides is 1. The molecule has 3 aliphatic rings. The SMILES string of the molecule is CSCc1cc(I)c2c(c1O)C(O)=C1C(=O)C3(O)C(O)=C(C(N)=O)C(=O)C(N(C)C)C3CC1C2. The van der Waals surface area contributed by atoms with Gasteiger partial charge in [0.15, 0.2) is 11.4 Å². The van der Waals surface area contributed by atoms with Crippen LogP contribution >= 0.6 is 34.4 Å². The summed E-state index contributed by atoms with van der Waals surface area (Å²) in [5.74, 6) is -5.87. The van der Waals surface area contributed by atoms with Gasteiger partial charge in [-0.05, 0) is 73.3 Å². The van der Waals surface area contributed by atoms with Crippen LogP contribution in [0.25, 0.3) is 5.76 Å². The third-order valence-corrected chi connectivity index (χ3v) is 8.61. The Kier molecular flexibility index (Phi) is 6.28. The first-order chi connectivity index (χ1) is 15.9. The summed E-state index contributed by atoms with van der Waals surface area (Å²) in [5.41, 5.74) is 3.15. The van der Waals surface area contributed by atoms with Crippen LogP contribution < -0.4 is 5.73 Å². The molecule has 0 aromatic heterocycles. The Hall–Kier alpha value is -2.09. The van der Waals surface area contributed by atoms with E-state index in [0.717, 1.165) is 3.57 Å². The average molecular weight is 600 g/mol. The van der Waals surface area contributed by atoms with Crippen LogP contribution in [0.4, 0.5) is 0 Å². The number of ketones is 2. The lowest BCUT2D eigenvalue weighted by molar-refractivity contribution is -0.153. The number of likely N-dealkylation sites (N-methyl/N-ethyl adjacent to an activating group) is 1. The molecule has 0 aliphatic heterocycles. The highest BCUT2D eigenvalue weighted by atomic mass is 127. The number of aromatic hydroxyl groups is 1. The number of thioether (sulfide) groups is 1. The molecular weight excluding hydrogens is 575 g/mol. The molecule has 1 fully saturated rings. The largest absolute Gasteiger partial charge is 0.508 e. The number of aliphatic hydroxyl groups is 3. The quantitative estimate of drug-likeness (QED) is 0.254. The maximum Gasteiger partial charge on any atom is 0.255 e. The minimum atomic E-state index is -2.62. The van der Waals surface area contributed by atoms with E-state index in [1.54, 1.807) is 14.1 Å². The van der Waals surface area contributed by atoms with Crippen molar-refractivity contribution in [2.24, 2.45) is 17.6 Å². The molecule has 1 saturated carbocycles. The zero-order valence-electron chi connectivity index (χ0n) is 18.8. The third kappa shape index (κ3) is 3.31. The fourth-order valence-corrected chi connectivity index (χ4v) is 6.98. The van der Waals surface area contributed by atoms with Crippen LogP contribution in [-0.2, 0) is 26.6 Å². The number of Topliss-reactive ketones (excluding diaryl/α,β-unsaturated/α-hetero) is 2. The lowest BCUT2D eigenvalue weighted by atomic mass is 9.57. The number of carbonyl (C=O) groups excluding carboxylic acids is 3. The predicted octanol–water partition coefficient (Wildman–Crippen LogP) is 1.43. The van der Waals surface area contributed by atoms with Gasteiger partial charge >= 0.3 is 0 Å². The van der Waals surface area contributed by atoms with E-state index in [1.165, 1.54) is 16.7 Å². The van der Waals surface area contributed by atoms with Crippen molar-refractivity contribution in [3.8, 4) is 5.75 Å². The Bertz CT molecular complexity index is 1210. The number of hydrogen-bond acceptors (Lipinski definition) is 9. The molecule has 1 aromatic rings. The first-order valence-electron chi connectivity index (χ1n) is 10.5. The molecule has 3 aliphatic carbocycles. The topological polar surface area (TPSA) is 161 Å². The molecule has 0 heterocycles. The molecule has 1 amide bonds. The number of benzene rings is 1. The molecule has 9 nitrogen and oxygen atoms in total. The van der Waals surface area contributed by atoms with Gasteiger partial charge in [0.25, 0.3) is 5.91 Å². The second-order valence-corrected chi connectivity index (χ2v) is 11.1. The smallest absolute Gasteiger partial charge is 0.255 e. The number of amides is 1. The molecule has 34 heavy (non-hydrogen) atoms. The van der Waals surface area contributed by atoms with Crippen molar-refractivity contribution in [3.05, 3.63) is 43.2 Å². The monoisotopic (exact) mass is 600 g/mol. The molecule has 4 rings (SSSR count). The zero-order chi connectivity index (χ0) is 25.3. The molecule has 6 N–H and O–H groups in total. The Balaban J connectivity index is 1.98. The highest BCUT2D eigenvalue weighted by Crippen LogP contribution is 2.53. The summed E-state index contributed by atoms with van der Waals surface area (Å²) in [6, 6.07) is 0.749. The van der Waals surface area contributed by atoms with Gasteiger partial charge in [-0.1, -0.05) is 0 Å². The Labute approximate surface area is 213 Å². The van der Waals surface area contributed by atoms with E-state index in [2.05, 4.69) is 22.6 Å². The van der Waals surface area contributed by atoms with Gasteiger partial charge in [-0.25, -0.2) is 0 Å². The second-order valence-electron chi connectivity index (χ2n) is 9.11. The van der Waals surface area contributed by atoms with E-state index in [0.29, 0.717) is 23.3 Å². The summed E-state index contributed by atoms with van der Waals surface area (Å²) in [5, 5.41) is 44.5. The van der Waals surface area contributed by atoms with Gasteiger partial charge in [-0.2, -0.15) is 11.8 Å². The summed E-state index contributed by atoms with van der Waals surface area (Å²) >= 11 is 3.61. The van der Waals surface area contributed by atoms with Crippen molar-refractivity contribution in [1.82, 2.24) is 4.90 Å². The summed E-state index contributed by atoms with van der Waals surface area (Å²) in [4.78, 5) is 40.3. The van der Waals surface area contributed by atoms with Crippen LogP contribution in [0, 0.1) is 15.4 Å². The van der Waals surface area contributed by atoms with Crippen molar-refractivity contribution in [2.45, 2.75) is 30.2 Å². The maximum absolute atomic E-state index is 13.8. The van der Waals surface area contributed by atoms with E-state index in [-0.39, 0.29) is 23.3 Å². The number of nitrogens with two attached hydrogens (primary N) is 1. The average Bonchev–Trinajstić information content (AvgIpc) is 2.74. The molecule has 1 aromatic carbocycles. The molecule has 0 bridgehead atoms. The number of aliphatic hydroxyl groups excluding tert-OH is 2. The minimum absolute atomic E-state index is 0.0785. The summed E-state index contributed by atoms with van der Waals surface area (Å²) in [7, 11) is 3.14. The molecule has 0 spiro atoms. The summed E-state index contributed by atoms with van der Waals surface area (Å²) in [6.45, 7) is 0. The number of nitrogens with zero attached hydrogens (tertiary/aromatic N) is 1. The number of phenolic OH excluding ortho intramolecular Hbond substituents is 1. The van der Waals surface area contributed by atoms with E-state index in [1.807, 2.05) is 12.3 Å². The van der Waals surface area contributed by atoms with Crippen LogP contribution in [0.15, 0.2) is 23.0 Å². The van der Waals surface area contributed by atoms with Gasteiger partial charge in [0.05, 0.1) is 11.6 Å². The van der Waals surface area contributed by atoms with E-state index in [4.69, 9.17) is 5.73 Å². The standard InChI is InChI=1S/C23H25IN2O7S/c1-26(2)16-11-5-8-4-10-12(24)6-9(7-34-3)17(27)14(10)18(28)13(8)20(30)23(11,33)21(31)15(19(16)29)22(25)32/h6,8,11,16,27-28,31,33H,4-5,7H2,1-3H3,(H2,25,32). The van der Waals surface area contributed by atoms with Crippen LogP contribution in [0.5, 0.6) is 5.75 Å². The lowest BCUT2D eigenvalue weighted by Gasteiger charge is -2.50. The Morgan fingerprint density at radius 2 is 1.94 bits per heavy atom. The maximum atomic E-state index is 13.8. The highest BCUT2D eigenvalue weighted by Gasteiger charge is 2.64. The number of fused-ring (bicyclic) bond motifs is 3. The molecule has 182 valence electrons. The molecule has 11 heteroatoms. The van der Waals surface area contributed by atoms with Crippen molar-refractivity contribution in [3.63, 3.8) is 0 Å². The van der Waals surface area contributed by atoms with Crippen molar-refractivity contribution in [1.29, 1.82) is 0 Å². The second kappa shape index (κ2) is 8.54. The molecule has 4 atom stereocenters. The zero-order valence-corrected chi connectivity index (χ0v) is 21.7. The summed E-state index contributed by atoms with van der Waals surface area (Å²) < 4.78 is 0.816. The molecule has 4 unspecified atom stereocenters. The van der Waals surface area contributed by atoms with Crippen molar-refractivity contribution in [2.75, 3.05) is 20.4 Å². The molecule has 0 saturated heterocycles. The highest BCUT2D eigenvalue weighted by molar-refractivity contribution is 14.1. The normalized spacial score (nSPS) is 28.7. The number of halogens is 1. The van der Waals surface area contributed by atoms with E-state index >= 15 is 0 Å². The lowest BCUT2D eigenvalue weighted by Crippen LogP contribution is -2.65. The summed E-state index contributed by atoms with van der Waals surface area (Å²) in [6.07, 6.45) is 2.24. The first kappa shape index (κ1) is 25.0. The van der Waals surface area contributed by atoms with Gasteiger partial charge in [0.1, 0.15) is 22.8 Å². The predicted molar refractivity (Wildman–Crippen MR) is 134 cm³/mol. The number of hydrogen-bond donors (Lipinski definition) is 5. The minimum Gasteiger partial charge on any atom is -0.508 e. The Morgan fingerprint density at radius 3 is 2.50 bits per heavy atom. The number of phenols is 1. The Morgan fingerprint density at radius 1 is 1.29 bits per heavy atom. The van der Waals surface area contributed by atoms with Gasteiger partial charge < -0.3 is 26.2 Å². The number of carbonyl (C=O) groups is 3. The molecule has 0 radical (unpaired) electrons. The van der Waals surface area contributed by atoms with Gasteiger partial charge in [-0.3, -0.25) is 19.3 Å². The van der Waals surface area contributed by atoms with Crippen LogP contribution in [-0.4, -0.2) is 74.8 Å². The van der Waals surface area contributed by atoms with Gasteiger partial charge in [0.2, 0.25) is 5.78 Å². The first-order valence-corrected chi connectivity index (χ1v) is 13.0. The van der Waals surface area contributed by atoms with Crippen molar-refractivity contribution >= 4 is 57.6 Å². The molecular formula is C23H25IN2O7S. The van der Waals surface area contributed by atoms with Crippen LogP contribution in [0.1, 0.15) is 23.1 Å². The van der Waals surface area contributed by atoms with Crippen molar-refractivity contribution < 1.29 is 34.8 Å². The van der Waals surface area contributed by atoms with Gasteiger partial charge in [-0.15, -0.1) is 0 Å². The number of rotatable bonds is 4.